The van der Waals surface area contributed by atoms with Crippen molar-refractivity contribution in [1.29, 1.82) is 0 Å². The normalized spacial score (nSPS) is 16.8. The molecule has 0 aliphatic heterocycles. The van der Waals surface area contributed by atoms with Crippen LogP contribution in [0.25, 0.3) is 50.1 Å². The maximum atomic E-state index is 2.42. The molecule has 0 bridgehead atoms. The Labute approximate surface area is 436 Å². The molecule has 0 amide bonds. The van der Waals surface area contributed by atoms with Crippen LogP contribution < -0.4 is 9.80 Å². The van der Waals surface area contributed by atoms with Gasteiger partial charge in [-0.25, -0.2) is 0 Å². The zero-order chi connectivity index (χ0) is 49.8. The zero-order valence-corrected chi connectivity index (χ0v) is 41.8. The van der Waals surface area contributed by atoms with Gasteiger partial charge in [-0.1, -0.05) is 231 Å². The third-order valence-electron chi connectivity index (χ3n) is 14.9. The molecule has 2 atom stereocenters. The van der Waals surface area contributed by atoms with Gasteiger partial charge in [-0.2, -0.15) is 0 Å². The Morgan fingerprint density at radius 1 is 0.324 bits per heavy atom. The van der Waals surface area contributed by atoms with Gasteiger partial charge in [0.05, 0.1) is 0 Å². The second kappa shape index (κ2) is 20.1. The molecule has 0 radical (unpaired) electrons. The fourth-order valence-electron chi connectivity index (χ4n) is 11.1. The first-order valence-electron chi connectivity index (χ1n) is 25.7. The number of nitrogens with zero attached hydrogens (tertiary/aromatic N) is 2. The van der Waals surface area contributed by atoms with Crippen molar-refractivity contribution in [2.45, 2.75) is 19.3 Å². The van der Waals surface area contributed by atoms with E-state index in [0.717, 1.165) is 34.1 Å². The molecule has 2 nitrogen and oxygen atoms in total. The van der Waals surface area contributed by atoms with Gasteiger partial charge >= 0.3 is 0 Å². The molecule has 2 unspecified atom stereocenters. The molecule has 2 aliphatic carbocycles. The minimum absolute atomic E-state index is 0.260. The Morgan fingerprint density at radius 2 is 0.608 bits per heavy atom. The molecule has 74 heavy (non-hydrogen) atoms. The zero-order valence-electron chi connectivity index (χ0n) is 41.8. The van der Waals surface area contributed by atoms with Crippen LogP contribution in [-0.2, 0) is 5.41 Å². The number of anilines is 6. The highest BCUT2D eigenvalue weighted by atomic mass is 15.1. The van der Waals surface area contributed by atoms with Gasteiger partial charge in [0.25, 0.3) is 0 Å². The topological polar surface area (TPSA) is 6.48 Å². The largest absolute Gasteiger partial charge is 0.311 e. The summed E-state index contributed by atoms with van der Waals surface area (Å²) in [6, 6.07) is 96.5. The summed E-state index contributed by atoms with van der Waals surface area (Å²) in [5.74, 6) is 0.260. The third kappa shape index (κ3) is 9.04. The van der Waals surface area contributed by atoms with Gasteiger partial charge in [-0.05, 0) is 158 Å². The van der Waals surface area contributed by atoms with Crippen molar-refractivity contribution in [3.05, 3.63) is 320 Å². The molecule has 354 valence electrons. The number of hydrogen-bond donors (Lipinski definition) is 0. The van der Waals surface area contributed by atoms with Crippen molar-refractivity contribution in [2.75, 3.05) is 9.80 Å². The second-order valence-electron chi connectivity index (χ2n) is 19.5. The van der Waals surface area contributed by atoms with E-state index in [1.54, 1.807) is 0 Å². The fourth-order valence-corrected chi connectivity index (χ4v) is 11.1. The van der Waals surface area contributed by atoms with E-state index in [4.69, 9.17) is 0 Å². The third-order valence-corrected chi connectivity index (χ3v) is 14.9. The van der Waals surface area contributed by atoms with Crippen molar-refractivity contribution >= 4 is 39.7 Å². The summed E-state index contributed by atoms with van der Waals surface area (Å²) in [6.07, 6.45) is 11.6. The van der Waals surface area contributed by atoms with Crippen LogP contribution in [0.5, 0.6) is 0 Å². The van der Waals surface area contributed by atoms with Crippen molar-refractivity contribution in [1.82, 2.24) is 0 Å². The Hall–Kier alpha value is -9.24. The number of rotatable bonds is 12. The van der Waals surface area contributed by atoms with Crippen molar-refractivity contribution in [2.24, 2.45) is 5.92 Å². The number of hydrogen-bond acceptors (Lipinski definition) is 2. The first-order chi connectivity index (χ1) is 36.5. The van der Waals surface area contributed by atoms with Crippen LogP contribution in [0.4, 0.5) is 34.1 Å². The van der Waals surface area contributed by atoms with Crippen LogP contribution in [0.2, 0.25) is 0 Å². The molecule has 0 saturated heterocycles. The molecule has 2 aliphatic rings. The molecule has 0 heterocycles. The van der Waals surface area contributed by atoms with E-state index >= 15 is 0 Å². The van der Waals surface area contributed by atoms with Gasteiger partial charge in [0.1, 0.15) is 0 Å². The molecule has 10 aromatic rings. The Morgan fingerprint density at radius 3 is 0.932 bits per heavy atom. The maximum absolute atomic E-state index is 2.42. The summed E-state index contributed by atoms with van der Waals surface area (Å²) in [4.78, 5) is 4.73. The van der Waals surface area contributed by atoms with Gasteiger partial charge in [0.2, 0.25) is 0 Å². The smallest absolute Gasteiger partial charge is 0.0462 e. The van der Waals surface area contributed by atoms with Crippen molar-refractivity contribution < 1.29 is 0 Å². The summed E-state index contributed by atoms with van der Waals surface area (Å²) in [6.45, 7) is 4.74. The molecule has 0 saturated carbocycles. The molecule has 0 fully saturated rings. The van der Waals surface area contributed by atoms with Crippen LogP contribution in [0.15, 0.2) is 308 Å². The Balaban J connectivity index is 0.857. The van der Waals surface area contributed by atoms with E-state index < -0.39 is 0 Å². The molecule has 10 aromatic carbocycles. The van der Waals surface area contributed by atoms with Crippen LogP contribution in [0.1, 0.15) is 25.0 Å². The van der Waals surface area contributed by atoms with Crippen molar-refractivity contribution in [3.8, 4) is 44.5 Å². The molecule has 0 spiro atoms. The monoisotopic (exact) mass is 948 g/mol. The van der Waals surface area contributed by atoms with E-state index in [2.05, 4.69) is 321 Å². The minimum Gasteiger partial charge on any atom is -0.311 e. The lowest BCUT2D eigenvalue weighted by Gasteiger charge is -2.31. The highest BCUT2D eigenvalue weighted by Crippen LogP contribution is 2.50. The molecule has 0 N–H and O–H groups in total. The summed E-state index contributed by atoms with van der Waals surface area (Å²) in [7, 11) is 0. The van der Waals surface area contributed by atoms with Crippen LogP contribution in [-0.4, -0.2) is 0 Å². The summed E-state index contributed by atoms with van der Waals surface area (Å²) >= 11 is 0. The Kier molecular flexibility index (Phi) is 12.5. The van der Waals surface area contributed by atoms with E-state index in [0.29, 0.717) is 0 Å². The highest BCUT2D eigenvalue weighted by Gasteiger charge is 2.38. The van der Waals surface area contributed by atoms with E-state index in [1.165, 1.54) is 72.4 Å². The number of allylic oxidation sites excluding steroid dienone is 8. The van der Waals surface area contributed by atoms with E-state index in [9.17, 15) is 0 Å². The van der Waals surface area contributed by atoms with Gasteiger partial charge in [0, 0.05) is 39.5 Å². The quantitative estimate of drug-likeness (QED) is 0.113. The molecular weight excluding hydrogens is 893 g/mol. The molecule has 12 rings (SSSR count). The first-order valence-corrected chi connectivity index (χ1v) is 25.7. The molecular formula is C72H56N2. The van der Waals surface area contributed by atoms with E-state index in [-0.39, 0.29) is 11.3 Å². The predicted molar refractivity (Wildman–Crippen MR) is 314 cm³/mol. The van der Waals surface area contributed by atoms with E-state index in [1.807, 2.05) is 0 Å². The van der Waals surface area contributed by atoms with Gasteiger partial charge < -0.3 is 9.80 Å². The fraction of sp³-hybridized carbons (Fsp3) is 0.0556. The standard InChI is InChI=1S/C72H56N2/c1-52-50-51-72(2,62-36-48-68(49-37-62)74(65-42-30-59(31-43-65)55-20-11-5-12-21-55)66-44-32-60(33-45-66)56-22-13-6-14-23-56)71(52)70-25-15-24-69(70)61-34-46-67(47-35-61)73(63-38-26-57(27-39-63)53-16-7-3-8-17-53)64-40-28-58(29-41-64)54-18-9-4-10-19-54/h3-52H,1-2H3/b71-70-. The SMILES string of the molecule is CC1C=CC(C)(c2ccc(N(c3ccc(-c4ccccc4)cc3)c3ccc(-c4ccccc4)cc3)cc2)/C1=C1/C=CC=C1c1ccc(N(c2ccc(-c3ccccc3)cc2)c2ccc(-c3ccccc3)cc2)cc1. The summed E-state index contributed by atoms with van der Waals surface area (Å²) < 4.78 is 0. The van der Waals surface area contributed by atoms with Crippen LogP contribution >= 0.6 is 0 Å². The van der Waals surface area contributed by atoms with Gasteiger partial charge in [-0.15, -0.1) is 0 Å². The van der Waals surface area contributed by atoms with Gasteiger partial charge in [-0.3, -0.25) is 0 Å². The average molecular weight is 949 g/mol. The lowest BCUT2D eigenvalue weighted by atomic mass is 9.73. The number of benzene rings is 10. The lowest BCUT2D eigenvalue weighted by molar-refractivity contribution is 0.664. The summed E-state index contributed by atoms with van der Waals surface area (Å²) in [5.41, 5.74) is 22.4. The summed E-state index contributed by atoms with van der Waals surface area (Å²) in [5, 5.41) is 0. The van der Waals surface area contributed by atoms with Crippen LogP contribution in [0.3, 0.4) is 0 Å². The Bertz CT molecular complexity index is 3480. The minimum atomic E-state index is -0.310. The lowest BCUT2D eigenvalue weighted by Crippen LogP contribution is -2.23. The van der Waals surface area contributed by atoms with Crippen LogP contribution in [0, 0.1) is 5.92 Å². The second-order valence-corrected chi connectivity index (χ2v) is 19.5. The molecule has 0 aromatic heterocycles. The highest BCUT2D eigenvalue weighted by molar-refractivity contribution is 5.90. The average Bonchev–Trinajstić information content (AvgIpc) is 4.08. The van der Waals surface area contributed by atoms with Crippen molar-refractivity contribution in [3.63, 3.8) is 0 Å². The maximum Gasteiger partial charge on any atom is 0.0462 e. The predicted octanol–water partition coefficient (Wildman–Crippen LogP) is 19.7. The molecule has 2 heteroatoms. The first kappa shape index (κ1) is 45.9. The van der Waals surface area contributed by atoms with Gasteiger partial charge in [0.15, 0.2) is 0 Å².